The van der Waals surface area contributed by atoms with Crippen LogP contribution in [0.5, 0.6) is 23.0 Å². The molecule has 66 heavy (non-hydrogen) atoms. The van der Waals surface area contributed by atoms with E-state index in [0.717, 1.165) is 38.1 Å². The maximum Gasteiger partial charge on any atom is 0.205 e. The number of anilines is 3. The van der Waals surface area contributed by atoms with Gasteiger partial charge in [0.25, 0.3) is 0 Å². The van der Waals surface area contributed by atoms with E-state index >= 15 is 0 Å². The number of benzene rings is 9. The van der Waals surface area contributed by atoms with Gasteiger partial charge in [-0.2, -0.15) is 0 Å². The van der Waals surface area contributed by atoms with Crippen LogP contribution >= 0.6 is 11.3 Å². The third-order valence-electron chi connectivity index (χ3n) is 14.6. The molecule has 0 radical (unpaired) electrons. The van der Waals surface area contributed by atoms with Crippen LogP contribution in [0.1, 0.15) is 47.2 Å². The van der Waals surface area contributed by atoms with Gasteiger partial charge in [0, 0.05) is 16.8 Å². The largest absolute Gasteiger partial charge is 0.448 e. The standard InChI is InChI=1S/C62H41NO2S/c1-61(2)49-22-10-6-18-43(49)47-34-30-40(36-53(47)61)59-57-58(65-56-27-15-14-26-55(56)64-57)60(66-59)63(41-31-28-39(29-32-41)38-16-4-3-5-17-38)42-33-35-48-46-21-9-13-25-52(46)62(54(48)37-42)50-23-11-7-19-44(50)45-20-8-12-24-51(45)62/h3-37H,1-2H3. The summed E-state index contributed by atoms with van der Waals surface area (Å²) in [5.41, 5.74) is 20.5. The average Bonchev–Trinajstić information content (AvgIpc) is 4.05. The Morgan fingerprint density at radius 1 is 0.364 bits per heavy atom. The van der Waals surface area contributed by atoms with E-state index in [1.54, 1.807) is 11.3 Å². The minimum absolute atomic E-state index is 0.159. The Kier molecular flexibility index (Phi) is 7.83. The summed E-state index contributed by atoms with van der Waals surface area (Å²) in [5.74, 6) is 2.84. The minimum atomic E-state index is -0.495. The van der Waals surface area contributed by atoms with Crippen molar-refractivity contribution in [2.45, 2.75) is 24.7 Å². The van der Waals surface area contributed by atoms with Gasteiger partial charge in [-0.15, -0.1) is 11.3 Å². The van der Waals surface area contributed by atoms with Crippen LogP contribution in [0.4, 0.5) is 16.4 Å². The molecule has 1 aromatic heterocycles. The molecule has 14 rings (SSSR count). The van der Waals surface area contributed by atoms with Crippen molar-refractivity contribution in [1.82, 2.24) is 0 Å². The first-order chi connectivity index (χ1) is 32.5. The van der Waals surface area contributed by atoms with Crippen molar-refractivity contribution >= 4 is 27.7 Å². The van der Waals surface area contributed by atoms with E-state index in [2.05, 4.69) is 207 Å². The van der Waals surface area contributed by atoms with Gasteiger partial charge in [0.1, 0.15) is 5.00 Å². The van der Waals surface area contributed by atoms with Crippen molar-refractivity contribution < 1.29 is 9.47 Å². The van der Waals surface area contributed by atoms with Gasteiger partial charge in [0.2, 0.25) is 5.75 Å². The van der Waals surface area contributed by atoms with Gasteiger partial charge >= 0.3 is 0 Å². The maximum absolute atomic E-state index is 7.09. The molecule has 10 aromatic rings. The number of ether oxygens (including phenoxy) is 2. The Labute approximate surface area is 388 Å². The third kappa shape index (κ3) is 5.08. The predicted molar refractivity (Wildman–Crippen MR) is 270 cm³/mol. The zero-order chi connectivity index (χ0) is 43.7. The summed E-state index contributed by atoms with van der Waals surface area (Å²) in [5, 5.41) is 0.946. The molecule has 0 fully saturated rings. The van der Waals surface area contributed by atoms with Crippen LogP contribution in [0.3, 0.4) is 0 Å². The summed E-state index contributed by atoms with van der Waals surface area (Å²) >= 11 is 1.72. The molecule has 0 unspecified atom stereocenters. The summed E-state index contributed by atoms with van der Waals surface area (Å²) in [6.45, 7) is 4.68. The van der Waals surface area contributed by atoms with E-state index < -0.39 is 5.41 Å². The molecule has 3 nitrogen and oxygen atoms in total. The third-order valence-corrected chi connectivity index (χ3v) is 15.8. The number of fused-ring (bicyclic) bond motifs is 15. The Balaban J connectivity index is 1.02. The molecule has 3 aliphatic carbocycles. The highest BCUT2D eigenvalue weighted by molar-refractivity contribution is 7.20. The maximum atomic E-state index is 7.09. The lowest BCUT2D eigenvalue weighted by Crippen LogP contribution is -2.26. The van der Waals surface area contributed by atoms with Gasteiger partial charge in [-0.3, -0.25) is 4.90 Å². The van der Waals surface area contributed by atoms with Gasteiger partial charge in [-0.1, -0.05) is 184 Å². The van der Waals surface area contributed by atoms with Crippen molar-refractivity contribution in [3.8, 4) is 77.9 Å². The van der Waals surface area contributed by atoms with Gasteiger partial charge in [-0.05, 0) is 126 Å². The smallest absolute Gasteiger partial charge is 0.205 e. The molecule has 0 amide bonds. The van der Waals surface area contributed by atoms with Crippen LogP contribution in [0, 0.1) is 0 Å². The molecule has 2 heterocycles. The predicted octanol–water partition coefficient (Wildman–Crippen LogP) is 17.1. The lowest BCUT2D eigenvalue weighted by Gasteiger charge is -2.32. The number of nitrogens with zero attached hydrogens (tertiary/aromatic N) is 1. The lowest BCUT2D eigenvalue weighted by molar-refractivity contribution is 0.364. The number of thiophene rings is 1. The quantitative estimate of drug-likeness (QED) is 0.172. The van der Waals surface area contributed by atoms with Crippen LogP contribution in [0.15, 0.2) is 212 Å². The molecule has 0 saturated carbocycles. The molecule has 0 N–H and O–H groups in total. The van der Waals surface area contributed by atoms with Crippen LogP contribution in [0.25, 0.3) is 54.9 Å². The first-order valence-electron chi connectivity index (χ1n) is 22.7. The number of rotatable bonds is 5. The molecule has 4 heteroatoms. The first-order valence-corrected chi connectivity index (χ1v) is 23.6. The molecule has 1 aliphatic heterocycles. The summed E-state index contributed by atoms with van der Waals surface area (Å²) < 4.78 is 14.1. The van der Waals surface area contributed by atoms with E-state index in [4.69, 9.17) is 9.47 Å². The SMILES string of the molecule is CC1(C)c2ccccc2-c2ccc(-c3sc(N(c4ccc(-c5ccccc5)cc4)c4ccc5c(c4)C4(c6ccccc6-c6ccccc64)c4ccccc4-5)c4c3Oc3ccccc3O4)cc21. The van der Waals surface area contributed by atoms with Crippen molar-refractivity contribution in [1.29, 1.82) is 0 Å². The average molecular weight is 864 g/mol. The molecule has 1 spiro atoms. The second-order valence-electron chi connectivity index (χ2n) is 18.3. The molecule has 9 aromatic carbocycles. The molecule has 0 bridgehead atoms. The van der Waals surface area contributed by atoms with E-state index in [-0.39, 0.29) is 5.41 Å². The Morgan fingerprint density at radius 2 is 0.818 bits per heavy atom. The van der Waals surface area contributed by atoms with Crippen molar-refractivity contribution in [2.24, 2.45) is 0 Å². The van der Waals surface area contributed by atoms with Gasteiger partial charge < -0.3 is 9.47 Å². The monoisotopic (exact) mass is 863 g/mol. The van der Waals surface area contributed by atoms with E-state index in [9.17, 15) is 0 Å². The number of para-hydroxylation sites is 2. The molecule has 4 aliphatic rings. The van der Waals surface area contributed by atoms with Gasteiger partial charge in [0.15, 0.2) is 17.2 Å². The molecule has 0 atom stereocenters. The minimum Gasteiger partial charge on any atom is -0.448 e. The fraction of sp³-hybridized carbons (Fsp3) is 0.0645. The second kappa shape index (κ2) is 13.8. The van der Waals surface area contributed by atoms with Crippen molar-refractivity contribution in [3.05, 3.63) is 246 Å². The Hall–Kier alpha value is -7.92. The topological polar surface area (TPSA) is 21.7 Å². The highest BCUT2D eigenvalue weighted by atomic mass is 32.1. The fourth-order valence-corrected chi connectivity index (χ4v) is 12.8. The van der Waals surface area contributed by atoms with Gasteiger partial charge in [-0.25, -0.2) is 0 Å². The van der Waals surface area contributed by atoms with Crippen molar-refractivity contribution in [2.75, 3.05) is 4.90 Å². The summed E-state index contributed by atoms with van der Waals surface area (Å²) in [6.07, 6.45) is 0. The highest BCUT2D eigenvalue weighted by Crippen LogP contribution is 2.65. The fourth-order valence-electron chi connectivity index (χ4n) is 11.6. The second-order valence-corrected chi connectivity index (χ2v) is 19.3. The molecule has 312 valence electrons. The number of hydrogen-bond donors (Lipinski definition) is 0. The lowest BCUT2D eigenvalue weighted by atomic mass is 9.70. The summed E-state index contributed by atoms with van der Waals surface area (Å²) in [6, 6.07) is 77.5. The van der Waals surface area contributed by atoms with Crippen LogP contribution in [-0.2, 0) is 10.8 Å². The zero-order valence-electron chi connectivity index (χ0n) is 36.4. The Morgan fingerprint density at radius 3 is 1.45 bits per heavy atom. The first kappa shape index (κ1) is 37.5. The van der Waals surface area contributed by atoms with Crippen LogP contribution in [-0.4, -0.2) is 0 Å². The van der Waals surface area contributed by atoms with Crippen LogP contribution in [0.2, 0.25) is 0 Å². The van der Waals surface area contributed by atoms with Gasteiger partial charge in [0.05, 0.1) is 10.3 Å². The molecular weight excluding hydrogens is 823 g/mol. The number of hydrogen-bond acceptors (Lipinski definition) is 4. The van der Waals surface area contributed by atoms with Crippen molar-refractivity contribution in [3.63, 3.8) is 0 Å². The zero-order valence-corrected chi connectivity index (χ0v) is 37.2. The van der Waals surface area contributed by atoms with Crippen LogP contribution < -0.4 is 14.4 Å². The summed E-state index contributed by atoms with van der Waals surface area (Å²) in [4.78, 5) is 3.43. The van der Waals surface area contributed by atoms with E-state index in [0.29, 0.717) is 17.2 Å². The Bertz CT molecular complexity index is 3570. The molecule has 0 saturated heterocycles. The van der Waals surface area contributed by atoms with E-state index in [1.807, 2.05) is 24.3 Å². The highest BCUT2D eigenvalue weighted by Gasteiger charge is 2.52. The molecular formula is C62H41NO2S. The summed E-state index contributed by atoms with van der Waals surface area (Å²) in [7, 11) is 0. The normalized spacial score (nSPS) is 14.4. The van der Waals surface area contributed by atoms with E-state index in [1.165, 1.54) is 72.3 Å².